The molecule has 182 valence electrons. The highest BCUT2D eigenvalue weighted by molar-refractivity contribution is 6.39. The van der Waals surface area contributed by atoms with Gasteiger partial charge in [0.05, 0.1) is 6.21 Å². The van der Waals surface area contributed by atoms with Crippen molar-refractivity contribution in [3.63, 3.8) is 0 Å². The lowest BCUT2D eigenvalue weighted by Gasteiger charge is -2.11. The second-order valence-corrected chi connectivity index (χ2v) is 8.60. The second-order valence-electron chi connectivity index (χ2n) is 8.60. The first-order valence-corrected chi connectivity index (χ1v) is 11.5. The van der Waals surface area contributed by atoms with Crippen molar-refractivity contribution in [1.29, 1.82) is 0 Å². The van der Waals surface area contributed by atoms with E-state index in [9.17, 15) is 9.59 Å². The number of ether oxygens (including phenoxy) is 1. The Morgan fingerprint density at radius 3 is 2.11 bits per heavy atom. The fourth-order valence-corrected chi connectivity index (χ4v) is 4.03. The summed E-state index contributed by atoms with van der Waals surface area (Å²) in [6.07, 6.45) is 1.54. The third-order valence-corrected chi connectivity index (χ3v) is 5.60. The van der Waals surface area contributed by atoms with Gasteiger partial charge in [0, 0.05) is 28.3 Å². The zero-order valence-electron chi connectivity index (χ0n) is 20.7. The first-order chi connectivity index (χ1) is 17.3. The summed E-state index contributed by atoms with van der Waals surface area (Å²) in [6.45, 7) is 8.15. The van der Waals surface area contributed by atoms with E-state index in [0.717, 1.165) is 22.6 Å². The standard InChI is InChI=1S/C29H28N4O3/c1-19-14-20(2)16-25(15-19)33-21(3)17-23(22(33)4)18-30-32-29(35)28(34)31-24-10-12-27(13-11-24)36-26-8-6-5-7-9-26/h5-18H,1-4H3,(H,31,34)(H,32,35)/b30-18-. The van der Waals surface area contributed by atoms with Crippen LogP contribution in [0.15, 0.2) is 84.0 Å². The van der Waals surface area contributed by atoms with E-state index in [1.807, 2.05) is 50.2 Å². The van der Waals surface area contributed by atoms with Gasteiger partial charge in [0.2, 0.25) is 0 Å². The average Bonchev–Trinajstić information content (AvgIpc) is 3.13. The average molecular weight is 481 g/mol. The fraction of sp³-hybridized carbons (Fsp3) is 0.138. The summed E-state index contributed by atoms with van der Waals surface area (Å²) in [7, 11) is 0. The first kappa shape index (κ1) is 24.5. The SMILES string of the molecule is Cc1cc(C)cc(-n2c(C)cc(/C=N\NC(=O)C(=O)Nc3ccc(Oc4ccccc4)cc3)c2C)c1. The van der Waals surface area contributed by atoms with Crippen LogP contribution in [-0.4, -0.2) is 22.6 Å². The van der Waals surface area contributed by atoms with Gasteiger partial charge in [-0.3, -0.25) is 9.59 Å². The lowest BCUT2D eigenvalue weighted by molar-refractivity contribution is -0.136. The minimum atomic E-state index is -0.862. The van der Waals surface area contributed by atoms with Crippen LogP contribution in [0.25, 0.3) is 5.69 Å². The van der Waals surface area contributed by atoms with E-state index >= 15 is 0 Å². The number of para-hydroxylation sites is 1. The number of hydrogen-bond donors (Lipinski definition) is 2. The zero-order valence-corrected chi connectivity index (χ0v) is 20.7. The molecule has 0 aliphatic carbocycles. The van der Waals surface area contributed by atoms with Crippen molar-refractivity contribution in [3.8, 4) is 17.2 Å². The van der Waals surface area contributed by atoms with Crippen molar-refractivity contribution in [2.45, 2.75) is 27.7 Å². The minimum Gasteiger partial charge on any atom is -0.457 e. The highest BCUT2D eigenvalue weighted by atomic mass is 16.5. The van der Waals surface area contributed by atoms with Crippen LogP contribution in [0.5, 0.6) is 11.5 Å². The maximum Gasteiger partial charge on any atom is 0.329 e. The van der Waals surface area contributed by atoms with Gasteiger partial charge in [0.25, 0.3) is 0 Å². The first-order valence-electron chi connectivity index (χ1n) is 11.5. The summed E-state index contributed by atoms with van der Waals surface area (Å²) < 4.78 is 7.87. The van der Waals surface area contributed by atoms with Crippen molar-refractivity contribution >= 4 is 23.7 Å². The van der Waals surface area contributed by atoms with Gasteiger partial charge in [-0.15, -0.1) is 0 Å². The van der Waals surface area contributed by atoms with E-state index in [1.54, 1.807) is 30.5 Å². The molecule has 1 aromatic heterocycles. The number of carbonyl (C=O) groups is 2. The Hall–Kier alpha value is -4.65. The topological polar surface area (TPSA) is 84.7 Å². The number of rotatable bonds is 6. The van der Waals surface area contributed by atoms with E-state index in [4.69, 9.17) is 4.74 Å². The number of carbonyl (C=O) groups excluding carboxylic acids is 2. The zero-order chi connectivity index (χ0) is 25.7. The molecule has 0 unspecified atom stereocenters. The number of hydrogen-bond acceptors (Lipinski definition) is 4. The number of benzene rings is 3. The van der Waals surface area contributed by atoms with E-state index in [-0.39, 0.29) is 0 Å². The normalized spacial score (nSPS) is 10.9. The number of nitrogens with one attached hydrogen (secondary N) is 2. The van der Waals surface area contributed by atoms with Gasteiger partial charge in [-0.1, -0.05) is 24.3 Å². The summed E-state index contributed by atoms with van der Waals surface area (Å²) >= 11 is 0. The van der Waals surface area contributed by atoms with Gasteiger partial charge in [0.1, 0.15) is 11.5 Å². The monoisotopic (exact) mass is 480 g/mol. The van der Waals surface area contributed by atoms with E-state index in [0.29, 0.717) is 17.2 Å². The Labute approximate surface area is 210 Å². The largest absolute Gasteiger partial charge is 0.457 e. The Balaban J connectivity index is 1.36. The molecule has 7 nitrogen and oxygen atoms in total. The summed E-state index contributed by atoms with van der Waals surface area (Å²) in [6, 6.07) is 24.5. The lowest BCUT2D eigenvalue weighted by atomic mass is 10.1. The quantitative estimate of drug-likeness (QED) is 0.214. The molecule has 1 heterocycles. The van der Waals surface area contributed by atoms with Crippen molar-refractivity contribution < 1.29 is 14.3 Å². The van der Waals surface area contributed by atoms with Crippen molar-refractivity contribution in [2.24, 2.45) is 5.10 Å². The summed E-state index contributed by atoms with van der Waals surface area (Å²) in [5.74, 6) is -0.350. The van der Waals surface area contributed by atoms with Gasteiger partial charge in [0.15, 0.2) is 0 Å². The molecule has 2 amide bonds. The molecule has 0 radical (unpaired) electrons. The Morgan fingerprint density at radius 2 is 1.44 bits per heavy atom. The predicted molar refractivity (Wildman–Crippen MR) is 142 cm³/mol. The molecule has 0 bridgehead atoms. The smallest absolute Gasteiger partial charge is 0.329 e. The maximum absolute atomic E-state index is 12.3. The molecular weight excluding hydrogens is 452 g/mol. The number of nitrogens with zero attached hydrogens (tertiary/aromatic N) is 2. The van der Waals surface area contributed by atoms with Crippen LogP contribution in [0, 0.1) is 27.7 Å². The fourth-order valence-electron chi connectivity index (χ4n) is 4.03. The Bertz CT molecular complexity index is 1400. The summed E-state index contributed by atoms with van der Waals surface area (Å²) in [4.78, 5) is 24.5. The summed E-state index contributed by atoms with van der Waals surface area (Å²) in [5.41, 5.74) is 9.08. The molecule has 0 aliphatic heterocycles. The van der Waals surface area contributed by atoms with Gasteiger partial charge in [-0.2, -0.15) is 5.10 Å². The molecule has 36 heavy (non-hydrogen) atoms. The minimum absolute atomic E-state index is 0.469. The number of aryl methyl sites for hydroxylation is 3. The third-order valence-electron chi connectivity index (χ3n) is 5.60. The van der Waals surface area contributed by atoms with Crippen LogP contribution in [0.3, 0.4) is 0 Å². The van der Waals surface area contributed by atoms with Gasteiger partial charge in [-0.05, 0) is 93.4 Å². The number of aromatic nitrogens is 1. The molecular formula is C29H28N4O3. The van der Waals surface area contributed by atoms with Crippen molar-refractivity contribution in [2.75, 3.05) is 5.32 Å². The van der Waals surface area contributed by atoms with Gasteiger partial charge in [-0.25, -0.2) is 5.43 Å². The Kier molecular flexibility index (Phi) is 7.30. The van der Waals surface area contributed by atoms with Crippen LogP contribution >= 0.6 is 0 Å². The van der Waals surface area contributed by atoms with Crippen molar-refractivity contribution in [1.82, 2.24) is 9.99 Å². The molecule has 0 spiro atoms. The van der Waals surface area contributed by atoms with E-state index < -0.39 is 11.8 Å². The lowest BCUT2D eigenvalue weighted by Crippen LogP contribution is -2.32. The summed E-state index contributed by atoms with van der Waals surface area (Å²) in [5, 5.41) is 6.54. The third kappa shape index (κ3) is 5.88. The van der Waals surface area contributed by atoms with Crippen molar-refractivity contribution in [3.05, 3.63) is 107 Å². The number of anilines is 1. The van der Waals surface area contributed by atoms with Crippen LogP contribution in [0.4, 0.5) is 5.69 Å². The molecule has 4 rings (SSSR count). The highest BCUT2D eigenvalue weighted by Gasteiger charge is 2.14. The van der Waals surface area contributed by atoms with Gasteiger partial charge >= 0.3 is 11.8 Å². The molecule has 7 heteroatoms. The molecule has 0 atom stereocenters. The molecule has 0 saturated heterocycles. The van der Waals surface area contributed by atoms with Crippen LogP contribution in [0.2, 0.25) is 0 Å². The van der Waals surface area contributed by atoms with Crippen LogP contribution < -0.4 is 15.5 Å². The molecule has 0 saturated carbocycles. The van der Waals surface area contributed by atoms with E-state index in [1.165, 1.54) is 11.1 Å². The molecule has 3 aromatic carbocycles. The van der Waals surface area contributed by atoms with Crippen LogP contribution in [-0.2, 0) is 9.59 Å². The number of amides is 2. The van der Waals surface area contributed by atoms with E-state index in [2.05, 4.69) is 52.5 Å². The maximum atomic E-state index is 12.3. The predicted octanol–water partition coefficient (Wildman–Crippen LogP) is 5.59. The molecule has 4 aromatic rings. The Morgan fingerprint density at radius 1 is 0.806 bits per heavy atom. The van der Waals surface area contributed by atoms with Gasteiger partial charge < -0.3 is 14.6 Å². The number of hydrazone groups is 1. The molecule has 2 N–H and O–H groups in total. The molecule has 0 aliphatic rings. The second kappa shape index (κ2) is 10.7. The molecule has 0 fully saturated rings. The van der Waals surface area contributed by atoms with Crippen LogP contribution in [0.1, 0.15) is 28.1 Å². The highest BCUT2D eigenvalue weighted by Crippen LogP contribution is 2.23.